The van der Waals surface area contributed by atoms with E-state index in [-0.39, 0.29) is 35.7 Å². The Labute approximate surface area is 240 Å². The molecule has 4 rings (SSSR count). The molecule has 35 heavy (non-hydrogen) atoms. The van der Waals surface area contributed by atoms with Gasteiger partial charge in [0.1, 0.15) is 11.5 Å². The van der Waals surface area contributed by atoms with Crippen LogP contribution in [0.15, 0.2) is 94.8 Å². The molecule has 2 aliphatic carbocycles. The van der Waals surface area contributed by atoms with E-state index < -0.39 is 0 Å². The fraction of sp³-hybridized carbons (Fsp3) is 0.333. The van der Waals surface area contributed by atoms with E-state index in [1.54, 1.807) is 47.8 Å². The molecule has 0 saturated carbocycles. The maximum absolute atomic E-state index is 9.20. The van der Waals surface area contributed by atoms with Crippen molar-refractivity contribution in [2.24, 2.45) is 0 Å². The zero-order valence-corrected chi connectivity index (χ0v) is 25.8. The van der Waals surface area contributed by atoms with Crippen molar-refractivity contribution < 1.29 is 36.4 Å². The Hall–Kier alpha value is -1.42. The molecule has 0 aromatic heterocycles. The monoisotopic (exact) mass is 584 g/mol. The fourth-order valence-corrected chi connectivity index (χ4v) is 4.55. The van der Waals surface area contributed by atoms with Crippen LogP contribution in [0, 0.1) is 12.2 Å². The van der Waals surface area contributed by atoms with Crippen LogP contribution in [-0.2, 0) is 26.2 Å². The Morgan fingerprint density at radius 2 is 1.03 bits per heavy atom. The van der Waals surface area contributed by atoms with Gasteiger partial charge in [0.25, 0.3) is 0 Å². The molecule has 0 atom stereocenters. The standard InChI is InChI=1S/2C10H14OS.2C5H5.Zr/c2*1-10(2,3)12-9-6-4-5-8(11)7-9;2*1-2-4-5-3-1;/h2*4-7,11H,1-3H3;2*1-3H,4H2;/q;;2*-1;+2. The van der Waals surface area contributed by atoms with Crippen molar-refractivity contribution >= 4 is 23.5 Å². The number of aromatic hydroxyl groups is 2. The Morgan fingerprint density at radius 3 is 1.23 bits per heavy atom. The predicted octanol–water partition coefficient (Wildman–Crippen LogP) is 9.17. The third-order valence-corrected chi connectivity index (χ3v) is 5.86. The van der Waals surface area contributed by atoms with Gasteiger partial charge in [-0.3, -0.25) is 12.2 Å². The SMILES string of the molecule is CC(C)(C)Sc1cccc(O)c1.CC(C)(C)Sc1cccc(O)c1.[C-]1=CC=CC1.[C-]1=CC=CC1.[Zr+2]. The summed E-state index contributed by atoms with van der Waals surface area (Å²) in [6.45, 7) is 12.9. The van der Waals surface area contributed by atoms with Crippen LogP contribution in [0.25, 0.3) is 0 Å². The van der Waals surface area contributed by atoms with Crippen LogP contribution in [-0.4, -0.2) is 19.7 Å². The summed E-state index contributed by atoms with van der Waals surface area (Å²) in [4.78, 5) is 2.23. The number of benzene rings is 2. The molecule has 0 spiro atoms. The van der Waals surface area contributed by atoms with Crippen LogP contribution in [0.5, 0.6) is 11.5 Å². The van der Waals surface area contributed by atoms with Crippen molar-refractivity contribution in [2.75, 3.05) is 0 Å². The zero-order valence-electron chi connectivity index (χ0n) is 21.7. The first-order valence-electron chi connectivity index (χ1n) is 11.3. The van der Waals surface area contributed by atoms with Crippen molar-refractivity contribution in [1.82, 2.24) is 0 Å². The summed E-state index contributed by atoms with van der Waals surface area (Å²) in [6, 6.07) is 14.7. The number of hydrogen-bond acceptors (Lipinski definition) is 4. The topological polar surface area (TPSA) is 40.5 Å². The summed E-state index contributed by atoms with van der Waals surface area (Å²) in [6.07, 6.45) is 20.0. The summed E-state index contributed by atoms with van der Waals surface area (Å²) in [5.41, 5.74) is 0. The van der Waals surface area contributed by atoms with Crippen molar-refractivity contribution in [1.29, 1.82) is 0 Å². The molecule has 0 unspecified atom stereocenters. The summed E-state index contributed by atoms with van der Waals surface area (Å²) >= 11 is 3.51. The molecule has 186 valence electrons. The van der Waals surface area contributed by atoms with Gasteiger partial charge in [0.2, 0.25) is 0 Å². The average Bonchev–Trinajstić information content (AvgIpc) is 3.45. The number of phenolic OH excluding ortho intramolecular Hbond substituents is 2. The van der Waals surface area contributed by atoms with Crippen molar-refractivity contribution in [3.05, 3.63) is 97.1 Å². The van der Waals surface area contributed by atoms with Gasteiger partial charge in [0.05, 0.1) is 0 Å². The Balaban J connectivity index is 0.000000468. The molecule has 0 aliphatic heterocycles. The summed E-state index contributed by atoms with van der Waals surface area (Å²) in [5, 5.41) is 18.4. The normalized spacial score (nSPS) is 13.0. The van der Waals surface area contributed by atoms with Crippen LogP contribution in [0.4, 0.5) is 0 Å². The number of hydrogen-bond donors (Lipinski definition) is 2. The van der Waals surface area contributed by atoms with Gasteiger partial charge >= 0.3 is 26.2 Å². The summed E-state index contributed by atoms with van der Waals surface area (Å²) in [5.74, 6) is 0.675. The fourth-order valence-electron chi connectivity index (χ4n) is 2.48. The number of allylic oxidation sites excluding steroid dienone is 8. The zero-order chi connectivity index (χ0) is 25.5. The Kier molecular flexibility index (Phi) is 17.2. The third kappa shape index (κ3) is 20.5. The minimum Gasteiger partial charge on any atom is -0.508 e. The molecule has 2 aliphatic rings. The van der Waals surface area contributed by atoms with Gasteiger partial charge in [0, 0.05) is 19.3 Å². The van der Waals surface area contributed by atoms with Crippen LogP contribution >= 0.6 is 23.5 Å². The molecule has 0 heterocycles. The van der Waals surface area contributed by atoms with Gasteiger partial charge in [-0.25, -0.2) is 24.3 Å². The van der Waals surface area contributed by atoms with E-state index in [4.69, 9.17) is 0 Å². The molecule has 5 heteroatoms. The molecule has 2 N–H and O–H groups in total. The molecular weight excluding hydrogens is 548 g/mol. The van der Waals surface area contributed by atoms with Gasteiger partial charge in [-0.2, -0.15) is 12.2 Å². The van der Waals surface area contributed by atoms with Crippen molar-refractivity contribution in [2.45, 2.75) is 73.7 Å². The number of phenols is 2. The quantitative estimate of drug-likeness (QED) is 0.272. The van der Waals surface area contributed by atoms with E-state index in [0.29, 0.717) is 11.5 Å². The Morgan fingerprint density at radius 1 is 0.657 bits per heavy atom. The Bertz CT molecular complexity index is 865. The predicted molar refractivity (Wildman–Crippen MR) is 151 cm³/mol. The maximum Gasteiger partial charge on any atom is 2.00 e. The molecule has 0 amide bonds. The molecular formula is C30H38O2S2Zr. The smallest absolute Gasteiger partial charge is 0.508 e. The number of rotatable bonds is 2. The first kappa shape index (κ1) is 33.6. The van der Waals surface area contributed by atoms with Crippen LogP contribution in [0.2, 0.25) is 0 Å². The van der Waals surface area contributed by atoms with E-state index in [9.17, 15) is 10.2 Å². The maximum atomic E-state index is 9.20. The third-order valence-electron chi connectivity index (χ3n) is 3.66. The van der Waals surface area contributed by atoms with E-state index in [1.165, 1.54) is 0 Å². The van der Waals surface area contributed by atoms with Crippen molar-refractivity contribution in [3.63, 3.8) is 0 Å². The molecule has 2 aromatic rings. The second-order valence-electron chi connectivity index (χ2n) is 9.43. The first-order chi connectivity index (χ1) is 15.9. The molecule has 0 bridgehead atoms. The van der Waals surface area contributed by atoms with Crippen LogP contribution in [0.3, 0.4) is 0 Å². The molecule has 0 radical (unpaired) electrons. The summed E-state index contributed by atoms with van der Waals surface area (Å²) < 4.78 is 0.404. The molecule has 2 aromatic carbocycles. The average molecular weight is 586 g/mol. The van der Waals surface area contributed by atoms with Crippen LogP contribution < -0.4 is 0 Å². The van der Waals surface area contributed by atoms with E-state index >= 15 is 0 Å². The second kappa shape index (κ2) is 17.9. The van der Waals surface area contributed by atoms with Crippen LogP contribution in [0.1, 0.15) is 54.4 Å². The minimum atomic E-state index is 0. The van der Waals surface area contributed by atoms with Gasteiger partial charge < -0.3 is 10.2 Å². The summed E-state index contributed by atoms with van der Waals surface area (Å²) in [7, 11) is 0. The second-order valence-corrected chi connectivity index (χ2v) is 13.2. The molecule has 2 nitrogen and oxygen atoms in total. The first-order valence-corrected chi connectivity index (χ1v) is 13.0. The largest absolute Gasteiger partial charge is 2.00 e. The molecule has 0 saturated heterocycles. The number of thioether (sulfide) groups is 2. The minimum absolute atomic E-state index is 0. The van der Waals surface area contributed by atoms with E-state index in [0.717, 1.165) is 22.6 Å². The van der Waals surface area contributed by atoms with Gasteiger partial charge in [-0.05, 0) is 36.4 Å². The van der Waals surface area contributed by atoms with E-state index in [2.05, 4.69) is 65.8 Å². The molecule has 0 fully saturated rings. The van der Waals surface area contributed by atoms with Gasteiger partial charge in [0.15, 0.2) is 0 Å². The van der Waals surface area contributed by atoms with Gasteiger partial charge in [-0.15, -0.1) is 36.4 Å². The van der Waals surface area contributed by atoms with Gasteiger partial charge in [-0.1, -0.05) is 53.7 Å². The van der Waals surface area contributed by atoms with E-state index in [1.807, 2.05) is 48.6 Å². The van der Waals surface area contributed by atoms with Crippen molar-refractivity contribution in [3.8, 4) is 11.5 Å².